The summed E-state index contributed by atoms with van der Waals surface area (Å²) >= 11 is 6.14. The molecule has 1 saturated carbocycles. The lowest BCUT2D eigenvalue weighted by Crippen LogP contribution is -2.33. The Bertz CT molecular complexity index is 375. The van der Waals surface area contributed by atoms with Gasteiger partial charge in [0, 0.05) is 24.5 Å². The number of hydrogen-bond acceptors (Lipinski definition) is 2. The van der Waals surface area contributed by atoms with Crippen molar-refractivity contribution in [2.45, 2.75) is 32.2 Å². The van der Waals surface area contributed by atoms with Crippen LogP contribution in [0, 0.1) is 5.41 Å². The summed E-state index contributed by atoms with van der Waals surface area (Å²) in [6.45, 7) is 1.86. The number of halogens is 1. The lowest BCUT2D eigenvalue weighted by Gasteiger charge is -2.26. The SMILES string of the molecule is COc1ccccc1CNCC1(CCl)CCCC1. The van der Waals surface area contributed by atoms with Gasteiger partial charge in [-0.3, -0.25) is 0 Å². The molecule has 2 nitrogen and oxygen atoms in total. The summed E-state index contributed by atoms with van der Waals surface area (Å²) in [6, 6.07) is 8.16. The maximum Gasteiger partial charge on any atom is 0.123 e. The fourth-order valence-corrected chi connectivity index (χ4v) is 3.16. The minimum absolute atomic E-state index is 0.323. The van der Waals surface area contributed by atoms with Crippen LogP contribution in [0.3, 0.4) is 0 Å². The lowest BCUT2D eigenvalue weighted by atomic mass is 9.88. The normalized spacial score (nSPS) is 17.9. The van der Waals surface area contributed by atoms with E-state index in [-0.39, 0.29) is 0 Å². The number of ether oxygens (including phenoxy) is 1. The summed E-state index contributed by atoms with van der Waals surface area (Å²) in [5, 5.41) is 3.55. The quantitative estimate of drug-likeness (QED) is 0.796. The number of alkyl halides is 1. The van der Waals surface area contributed by atoms with Gasteiger partial charge in [0.1, 0.15) is 5.75 Å². The van der Waals surface area contributed by atoms with Crippen LogP contribution in [0.5, 0.6) is 5.75 Å². The molecule has 0 amide bonds. The molecule has 0 unspecified atom stereocenters. The second-order valence-corrected chi connectivity index (χ2v) is 5.52. The third kappa shape index (κ3) is 3.18. The Morgan fingerprint density at radius 1 is 1.28 bits per heavy atom. The molecule has 1 aromatic rings. The lowest BCUT2D eigenvalue weighted by molar-refractivity contribution is 0.318. The van der Waals surface area contributed by atoms with Crippen LogP contribution >= 0.6 is 11.6 Å². The largest absolute Gasteiger partial charge is 0.496 e. The van der Waals surface area contributed by atoms with E-state index < -0.39 is 0 Å². The van der Waals surface area contributed by atoms with E-state index in [4.69, 9.17) is 16.3 Å². The maximum absolute atomic E-state index is 6.14. The smallest absolute Gasteiger partial charge is 0.123 e. The summed E-state index contributed by atoms with van der Waals surface area (Å²) < 4.78 is 5.35. The molecule has 0 atom stereocenters. The average Bonchev–Trinajstić information content (AvgIpc) is 2.89. The van der Waals surface area contributed by atoms with Gasteiger partial charge in [0.2, 0.25) is 0 Å². The van der Waals surface area contributed by atoms with Crippen molar-refractivity contribution in [2.75, 3.05) is 19.5 Å². The molecule has 2 rings (SSSR count). The molecule has 1 N–H and O–H groups in total. The van der Waals surface area contributed by atoms with Crippen LogP contribution in [-0.2, 0) is 6.54 Å². The van der Waals surface area contributed by atoms with Gasteiger partial charge in [0.05, 0.1) is 7.11 Å². The predicted molar refractivity (Wildman–Crippen MR) is 76.3 cm³/mol. The Balaban J connectivity index is 1.88. The molecule has 0 heterocycles. The number of benzene rings is 1. The van der Waals surface area contributed by atoms with Crippen molar-refractivity contribution in [3.8, 4) is 5.75 Å². The van der Waals surface area contributed by atoms with Crippen LogP contribution in [0.4, 0.5) is 0 Å². The minimum Gasteiger partial charge on any atom is -0.496 e. The monoisotopic (exact) mass is 267 g/mol. The van der Waals surface area contributed by atoms with Crippen molar-refractivity contribution >= 4 is 11.6 Å². The molecular weight excluding hydrogens is 246 g/mol. The van der Waals surface area contributed by atoms with Gasteiger partial charge in [0.25, 0.3) is 0 Å². The Morgan fingerprint density at radius 3 is 2.67 bits per heavy atom. The zero-order chi connectivity index (χ0) is 12.8. The summed E-state index contributed by atoms with van der Waals surface area (Å²) in [6.07, 6.45) is 5.16. The molecule has 0 aliphatic heterocycles. The predicted octanol–water partition coefficient (Wildman–Crippen LogP) is 3.58. The second kappa shape index (κ2) is 6.44. The molecule has 0 saturated heterocycles. The summed E-state index contributed by atoms with van der Waals surface area (Å²) in [4.78, 5) is 0. The molecule has 3 heteroatoms. The fraction of sp³-hybridized carbons (Fsp3) is 0.600. The van der Waals surface area contributed by atoms with Gasteiger partial charge in [0.15, 0.2) is 0 Å². The van der Waals surface area contributed by atoms with Crippen LogP contribution in [0.2, 0.25) is 0 Å². The Kier molecular flexibility index (Phi) is 4.90. The first-order chi connectivity index (χ1) is 8.79. The number of methoxy groups -OCH3 is 1. The van der Waals surface area contributed by atoms with E-state index in [0.29, 0.717) is 5.41 Å². The zero-order valence-corrected chi connectivity index (χ0v) is 11.8. The average molecular weight is 268 g/mol. The van der Waals surface area contributed by atoms with Crippen LogP contribution in [0.1, 0.15) is 31.2 Å². The molecule has 1 fully saturated rings. The number of nitrogens with one attached hydrogen (secondary N) is 1. The second-order valence-electron chi connectivity index (χ2n) is 5.26. The van der Waals surface area contributed by atoms with E-state index >= 15 is 0 Å². The highest BCUT2D eigenvalue weighted by molar-refractivity contribution is 6.18. The van der Waals surface area contributed by atoms with Crippen molar-refractivity contribution in [2.24, 2.45) is 5.41 Å². The first-order valence-electron chi connectivity index (χ1n) is 6.68. The first-order valence-corrected chi connectivity index (χ1v) is 7.22. The highest BCUT2D eigenvalue weighted by Gasteiger charge is 2.32. The van der Waals surface area contributed by atoms with Gasteiger partial charge in [-0.05, 0) is 24.3 Å². The van der Waals surface area contributed by atoms with E-state index in [0.717, 1.165) is 24.7 Å². The fourth-order valence-electron chi connectivity index (χ4n) is 2.79. The van der Waals surface area contributed by atoms with Crippen molar-refractivity contribution in [3.05, 3.63) is 29.8 Å². The molecule has 0 radical (unpaired) electrons. The van der Waals surface area contributed by atoms with Gasteiger partial charge in [-0.1, -0.05) is 31.0 Å². The number of para-hydroxylation sites is 1. The van der Waals surface area contributed by atoms with Crippen LogP contribution in [0.25, 0.3) is 0 Å². The first kappa shape index (κ1) is 13.7. The Hall–Kier alpha value is -0.730. The van der Waals surface area contributed by atoms with Crippen molar-refractivity contribution in [1.29, 1.82) is 0 Å². The van der Waals surface area contributed by atoms with Gasteiger partial charge >= 0.3 is 0 Å². The molecular formula is C15H22ClNO. The van der Waals surface area contributed by atoms with E-state index in [2.05, 4.69) is 11.4 Å². The molecule has 100 valence electrons. The van der Waals surface area contributed by atoms with E-state index in [1.165, 1.54) is 31.2 Å². The summed E-state index contributed by atoms with van der Waals surface area (Å²) in [5.41, 5.74) is 1.53. The van der Waals surface area contributed by atoms with Crippen LogP contribution in [0.15, 0.2) is 24.3 Å². The maximum atomic E-state index is 6.14. The van der Waals surface area contributed by atoms with Gasteiger partial charge in [-0.25, -0.2) is 0 Å². The number of rotatable bonds is 6. The third-order valence-electron chi connectivity index (χ3n) is 3.96. The number of hydrogen-bond donors (Lipinski definition) is 1. The molecule has 0 spiro atoms. The summed E-state index contributed by atoms with van der Waals surface area (Å²) in [5.74, 6) is 1.72. The van der Waals surface area contributed by atoms with Crippen molar-refractivity contribution < 1.29 is 4.74 Å². The zero-order valence-electron chi connectivity index (χ0n) is 11.0. The Labute approximate surface area is 115 Å². The van der Waals surface area contributed by atoms with E-state index in [9.17, 15) is 0 Å². The van der Waals surface area contributed by atoms with Gasteiger partial charge < -0.3 is 10.1 Å². The molecule has 1 aromatic carbocycles. The third-order valence-corrected chi connectivity index (χ3v) is 4.52. The molecule has 0 bridgehead atoms. The Morgan fingerprint density at radius 2 is 2.00 bits per heavy atom. The van der Waals surface area contributed by atoms with E-state index in [1.54, 1.807) is 7.11 Å². The van der Waals surface area contributed by atoms with Crippen molar-refractivity contribution in [3.63, 3.8) is 0 Å². The van der Waals surface area contributed by atoms with Crippen LogP contribution in [-0.4, -0.2) is 19.5 Å². The topological polar surface area (TPSA) is 21.3 Å². The van der Waals surface area contributed by atoms with Crippen molar-refractivity contribution in [1.82, 2.24) is 5.32 Å². The van der Waals surface area contributed by atoms with E-state index in [1.807, 2.05) is 18.2 Å². The molecule has 0 aromatic heterocycles. The van der Waals surface area contributed by atoms with Gasteiger partial charge in [-0.2, -0.15) is 0 Å². The highest BCUT2D eigenvalue weighted by Crippen LogP contribution is 2.38. The standard InChI is InChI=1S/C15H22ClNO/c1-18-14-7-3-2-6-13(14)10-17-12-15(11-16)8-4-5-9-15/h2-3,6-7,17H,4-5,8-12H2,1H3. The van der Waals surface area contributed by atoms with Crippen LogP contribution < -0.4 is 10.1 Å². The minimum atomic E-state index is 0.323. The molecule has 1 aliphatic carbocycles. The van der Waals surface area contributed by atoms with Gasteiger partial charge in [-0.15, -0.1) is 11.6 Å². The molecule has 1 aliphatic rings. The molecule has 18 heavy (non-hydrogen) atoms. The summed E-state index contributed by atoms with van der Waals surface area (Å²) in [7, 11) is 1.72. The highest BCUT2D eigenvalue weighted by atomic mass is 35.5.